The maximum Gasteiger partial charge on any atom is 0.254 e. The van der Waals surface area contributed by atoms with E-state index in [0.29, 0.717) is 29.2 Å². The molecule has 4 rings (SSSR count). The molecule has 2 aliphatic heterocycles. The van der Waals surface area contributed by atoms with Crippen molar-refractivity contribution in [2.75, 3.05) is 73.3 Å². The van der Waals surface area contributed by atoms with Crippen molar-refractivity contribution in [3.63, 3.8) is 0 Å². The summed E-state index contributed by atoms with van der Waals surface area (Å²) >= 11 is 1.66. The van der Waals surface area contributed by atoms with E-state index in [2.05, 4.69) is 22.0 Å². The zero-order valence-corrected chi connectivity index (χ0v) is 24.0. The van der Waals surface area contributed by atoms with Gasteiger partial charge in [0, 0.05) is 50.2 Å². The Morgan fingerprint density at radius 3 is 2.26 bits per heavy atom. The molecule has 38 heavy (non-hydrogen) atoms. The lowest BCUT2D eigenvalue weighted by atomic mass is 9.79. The maximum atomic E-state index is 13.9. The fraction of sp³-hybridized carbons (Fsp3) is 0.517. The molecule has 8 nitrogen and oxygen atoms in total. The summed E-state index contributed by atoms with van der Waals surface area (Å²) in [7, 11) is 4.88. The minimum Gasteiger partial charge on any atom is -0.493 e. The predicted molar refractivity (Wildman–Crippen MR) is 152 cm³/mol. The van der Waals surface area contributed by atoms with Crippen LogP contribution in [0.2, 0.25) is 0 Å². The van der Waals surface area contributed by atoms with E-state index in [0.717, 1.165) is 56.1 Å². The van der Waals surface area contributed by atoms with Crippen molar-refractivity contribution in [1.82, 2.24) is 20.0 Å². The largest absolute Gasteiger partial charge is 0.493 e. The van der Waals surface area contributed by atoms with Crippen LogP contribution in [0, 0.1) is 0 Å². The van der Waals surface area contributed by atoms with Crippen LogP contribution < -0.4 is 14.8 Å². The van der Waals surface area contributed by atoms with Gasteiger partial charge in [0.05, 0.1) is 26.2 Å². The van der Waals surface area contributed by atoms with E-state index in [1.165, 1.54) is 0 Å². The lowest BCUT2D eigenvalue weighted by Gasteiger charge is -2.40. The van der Waals surface area contributed by atoms with Gasteiger partial charge in [-0.25, -0.2) is 0 Å². The van der Waals surface area contributed by atoms with E-state index in [-0.39, 0.29) is 11.8 Å². The molecule has 9 heteroatoms. The molecule has 2 atom stereocenters. The number of fused-ring (bicyclic) bond motifs is 1. The normalized spacial score (nSPS) is 20.2. The molecule has 0 unspecified atom stereocenters. The fourth-order valence-corrected chi connectivity index (χ4v) is 5.91. The molecule has 0 bridgehead atoms. The Balaban J connectivity index is 1.58. The Kier molecular flexibility index (Phi) is 9.57. The number of nitrogens with zero attached hydrogens (tertiary/aromatic N) is 3. The van der Waals surface area contributed by atoms with Crippen molar-refractivity contribution in [3.05, 3.63) is 53.1 Å². The summed E-state index contributed by atoms with van der Waals surface area (Å²) in [5, 5.41) is 3.19. The van der Waals surface area contributed by atoms with Gasteiger partial charge in [0.1, 0.15) is 0 Å². The zero-order valence-electron chi connectivity index (χ0n) is 23.2. The minimum atomic E-state index is -0.583. The van der Waals surface area contributed by atoms with Gasteiger partial charge in [-0.05, 0) is 61.2 Å². The van der Waals surface area contributed by atoms with E-state index in [1.54, 1.807) is 50.1 Å². The van der Waals surface area contributed by atoms with Crippen LogP contribution in [0.3, 0.4) is 0 Å². The molecule has 0 radical (unpaired) electrons. The zero-order chi connectivity index (χ0) is 27.2. The first kappa shape index (κ1) is 28.3. The number of rotatable bonds is 10. The van der Waals surface area contributed by atoms with Crippen LogP contribution in [0.1, 0.15) is 46.8 Å². The van der Waals surface area contributed by atoms with E-state index in [9.17, 15) is 9.59 Å². The second-order valence-corrected chi connectivity index (χ2v) is 10.7. The first-order chi connectivity index (χ1) is 18.4. The first-order valence-corrected chi connectivity index (χ1v) is 14.5. The Hall–Kier alpha value is -2.75. The standard InChI is InChI=1S/C29H40N4O4S/c1-6-32-14-16-33(17-15-32)13-7-12-30-28(34)26-22-18-24(36-3)25(37-4)19-23(22)29(35)31(2)27(26)20-8-10-21(38-5)11-9-20/h8-11,18-19,26-27H,6-7,12-17H2,1-5H3,(H,30,34)/t26-,27+/m1/s1. The molecule has 2 aromatic carbocycles. The van der Waals surface area contributed by atoms with Crippen molar-refractivity contribution >= 4 is 23.6 Å². The molecule has 206 valence electrons. The quantitative estimate of drug-likeness (QED) is 0.365. The van der Waals surface area contributed by atoms with Crippen LogP contribution >= 0.6 is 11.8 Å². The highest BCUT2D eigenvalue weighted by atomic mass is 32.2. The van der Waals surface area contributed by atoms with Crippen molar-refractivity contribution < 1.29 is 19.1 Å². The summed E-state index contributed by atoms with van der Waals surface area (Å²) in [5.74, 6) is 0.158. The molecular formula is C29H40N4O4S. The van der Waals surface area contributed by atoms with Gasteiger partial charge in [0.15, 0.2) is 11.5 Å². The van der Waals surface area contributed by atoms with Crippen LogP contribution in [-0.4, -0.2) is 99.9 Å². The molecule has 1 fully saturated rings. The van der Waals surface area contributed by atoms with Crippen molar-refractivity contribution in [2.24, 2.45) is 0 Å². The summed E-state index contributed by atoms with van der Waals surface area (Å²) in [6.07, 6.45) is 2.91. The lowest BCUT2D eigenvalue weighted by molar-refractivity contribution is -0.124. The number of hydrogen-bond donors (Lipinski definition) is 1. The van der Waals surface area contributed by atoms with Crippen molar-refractivity contribution in [1.29, 1.82) is 0 Å². The Morgan fingerprint density at radius 2 is 1.66 bits per heavy atom. The van der Waals surface area contributed by atoms with Crippen molar-refractivity contribution in [2.45, 2.75) is 30.2 Å². The highest BCUT2D eigenvalue weighted by molar-refractivity contribution is 7.98. The molecule has 2 aromatic rings. The van der Waals surface area contributed by atoms with Gasteiger partial charge in [0.2, 0.25) is 5.91 Å². The maximum absolute atomic E-state index is 13.9. The highest BCUT2D eigenvalue weighted by Crippen LogP contribution is 2.45. The van der Waals surface area contributed by atoms with Crippen LogP contribution in [-0.2, 0) is 4.79 Å². The summed E-state index contributed by atoms with van der Waals surface area (Å²) in [5.41, 5.74) is 2.06. The summed E-state index contributed by atoms with van der Waals surface area (Å²) in [4.78, 5) is 35.1. The summed E-state index contributed by atoms with van der Waals surface area (Å²) in [6, 6.07) is 11.2. The number of thioether (sulfide) groups is 1. The average molecular weight is 541 g/mol. The van der Waals surface area contributed by atoms with E-state index in [1.807, 2.05) is 30.5 Å². The second kappa shape index (κ2) is 12.9. The Bertz CT molecular complexity index is 1120. The predicted octanol–water partition coefficient (Wildman–Crippen LogP) is 3.48. The fourth-order valence-electron chi connectivity index (χ4n) is 5.50. The SMILES string of the molecule is CCN1CCN(CCCNC(=O)[C@@H]2c3cc(OC)c(OC)cc3C(=O)N(C)[C@H]2c2ccc(SC)cc2)CC1. The number of piperazine rings is 1. The molecule has 0 saturated carbocycles. The molecule has 2 amide bonds. The van der Waals surface area contributed by atoms with Crippen LogP contribution in [0.15, 0.2) is 41.3 Å². The number of carbonyl (C=O) groups excluding carboxylic acids is 2. The summed E-state index contributed by atoms with van der Waals surface area (Å²) < 4.78 is 11.0. The molecule has 0 spiro atoms. The molecular weight excluding hydrogens is 500 g/mol. The Morgan fingerprint density at radius 1 is 1.03 bits per heavy atom. The lowest BCUT2D eigenvalue weighted by Crippen LogP contribution is -2.47. The topological polar surface area (TPSA) is 74.4 Å². The summed E-state index contributed by atoms with van der Waals surface area (Å²) in [6.45, 7) is 9.19. The third-order valence-corrected chi connectivity index (χ3v) is 8.52. The number of hydrogen-bond acceptors (Lipinski definition) is 7. The van der Waals surface area contributed by atoms with Crippen LogP contribution in [0.4, 0.5) is 0 Å². The van der Waals surface area contributed by atoms with E-state index < -0.39 is 12.0 Å². The Labute approximate surface area is 230 Å². The van der Waals surface area contributed by atoms with Gasteiger partial charge in [-0.2, -0.15) is 0 Å². The monoisotopic (exact) mass is 540 g/mol. The second-order valence-electron chi connectivity index (χ2n) is 9.83. The van der Waals surface area contributed by atoms with Gasteiger partial charge < -0.3 is 29.5 Å². The number of carbonyl (C=O) groups is 2. The third-order valence-electron chi connectivity index (χ3n) is 7.78. The van der Waals surface area contributed by atoms with E-state index in [4.69, 9.17) is 9.47 Å². The molecule has 0 aliphatic carbocycles. The molecule has 2 heterocycles. The number of ether oxygens (including phenoxy) is 2. The molecule has 2 aliphatic rings. The number of nitrogens with one attached hydrogen (secondary N) is 1. The van der Waals surface area contributed by atoms with Crippen LogP contribution in [0.25, 0.3) is 0 Å². The number of benzene rings is 2. The van der Waals surface area contributed by atoms with Gasteiger partial charge in [-0.15, -0.1) is 11.8 Å². The average Bonchev–Trinajstić information content (AvgIpc) is 2.96. The van der Waals surface area contributed by atoms with Gasteiger partial charge >= 0.3 is 0 Å². The van der Waals surface area contributed by atoms with Gasteiger partial charge in [0.25, 0.3) is 5.91 Å². The highest BCUT2D eigenvalue weighted by Gasteiger charge is 2.43. The third kappa shape index (κ3) is 5.95. The number of methoxy groups -OCH3 is 2. The van der Waals surface area contributed by atoms with Crippen LogP contribution in [0.5, 0.6) is 11.5 Å². The number of likely N-dealkylation sites (N-methyl/N-ethyl adjacent to an activating group) is 2. The minimum absolute atomic E-state index is 0.0902. The van der Waals surface area contributed by atoms with Gasteiger partial charge in [-0.3, -0.25) is 9.59 Å². The smallest absolute Gasteiger partial charge is 0.254 e. The number of amides is 2. The molecule has 0 aromatic heterocycles. The molecule has 1 N–H and O–H groups in total. The van der Waals surface area contributed by atoms with Crippen molar-refractivity contribution in [3.8, 4) is 11.5 Å². The first-order valence-electron chi connectivity index (χ1n) is 13.3. The van der Waals surface area contributed by atoms with E-state index >= 15 is 0 Å². The van der Waals surface area contributed by atoms with Gasteiger partial charge in [-0.1, -0.05) is 19.1 Å². The molecule has 1 saturated heterocycles.